The Hall–Kier alpha value is -5.06. The van der Waals surface area contributed by atoms with E-state index in [9.17, 15) is 0 Å². The van der Waals surface area contributed by atoms with Crippen molar-refractivity contribution < 1.29 is 0 Å². The molecule has 4 heteroatoms. The first-order valence-electron chi connectivity index (χ1n) is 24.3. The number of anilines is 2. The highest BCUT2D eigenvalue weighted by Gasteiger charge is 2.51. The third kappa shape index (κ3) is 5.47. The van der Waals surface area contributed by atoms with Gasteiger partial charge in [-0.1, -0.05) is 152 Å². The van der Waals surface area contributed by atoms with Gasteiger partial charge in [0.15, 0.2) is 0 Å². The molecule has 65 heavy (non-hydrogen) atoms. The molecule has 4 aliphatic rings. The van der Waals surface area contributed by atoms with Gasteiger partial charge < -0.3 is 9.38 Å². The molecule has 0 N–H and O–H groups in total. The molecule has 0 unspecified atom stereocenters. The summed E-state index contributed by atoms with van der Waals surface area (Å²) >= 11 is 2.03. The smallest absolute Gasteiger partial charge is 0.343 e. The van der Waals surface area contributed by atoms with Crippen molar-refractivity contribution in [3.05, 3.63) is 136 Å². The minimum Gasteiger partial charge on any atom is -0.376 e. The summed E-state index contributed by atoms with van der Waals surface area (Å²) in [7, 11) is 0. The van der Waals surface area contributed by atoms with Gasteiger partial charge in [-0.25, -0.2) is 0 Å². The number of benzene rings is 6. The van der Waals surface area contributed by atoms with E-state index in [4.69, 9.17) is 0 Å². The van der Waals surface area contributed by atoms with Crippen LogP contribution in [0.4, 0.5) is 11.4 Å². The second kappa shape index (κ2) is 12.7. The maximum atomic E-state index is 2.82. The second-order valence-corrected chi connectivity index (χ2v) is 26.4. The number of fused-ring (bicyclic) bond motifs is 16. The Morgan fingerprint density at radius 3 is 1.83 bits per heavy atom. The van der Waals surface area contributed by atoms with Crippen molar-refractivity contribution in [3.8, 4) is 27.9 Å². The first-order chi connectivity index (χ1) is 30.4. The van der Waals surface area contributed by atoms with E-state index in [1.807, 2.05) is 11.3 Å². The number of rotatable bonds is 1. The Morgan fingerprint density at radius 1 is 0.569 bits per heavy atom. The van der Waals surface area contributed by atoms with Crippen LogP contribution in [0.1, 0.15) is 156 Å². The summed E-state index contributed by atoms with van der Waals surface area (Å²) < 4.78 is 5.62. The molecule has 12 rings (SSSR count). The standard InChI is InChI=1S/C61H65BN2S/c1-56(2,3)34-20-24-37(25-21-34)64-45-26-22-35(57(4,5)6)30-39(45)49-48-38-18-16-17-19-42(38)61(14,15)51(48)50-40-32-43-44(60(12,13)29-28-59(43,10)11)33-46(40)63-53-41-31-36(58(7,8)9)23-27-47(41)65-55(53)62(64)52(49)54(50)63/h16-27,30-33H,28-29H2,1-15H3. The molecule has 0 radical (unpaired) electrons. The highest BCUT2D eigenvalue weighted by atomic mass is 32.1. The molecule has 0 saturated heterocycles. The van der Waals surface area contributed by atoms with E-state index in [-0.39, 0.29) is 39.3 Å². The average Bonchev–Trinajstić information content (AvgIpc) is 3.85. The van der Waals surface area contributed by atoms with Crippen LogP contribution in [0.2, 0.25) is 0 Å². The quantitative estimate of drug-likeness (QED) is 0.149. The zero-order valence-corrected chi connectivity index (χ0v) is 42.3. The predicted molar refractivity (Wildman–Crippen MR) is 284 cm³/mol. The fourth-order valence-electron chi connectivity index (χ4n) is 12.7. The van der Waals surface area contributed by atoms with E-state index in [1.165, 1.54) is 133 Å². The molecule has 328 valence electrons. The summed E-state index contributed by atoms with van der Waals surface area (Å²) in [6, 6.07) is 39.3. The number of hydrogen-bond donors (Lipinski definition) is 0. The predicted octanol–water partition coefficient (Wildman–Crippen LogP) is 15.8. The largest absolute Gasteiger partial charge is 0.376 e. The summed E-state index contributed by atoms with van der Waals surface area (Å²) in [6.07, 6.45) is 2.37. The lowest BCUT2D eigenvalue weighted by atomic mass is 9.46. The molecule has 6 aromatic carbocycles. The Balaban J connectivity index is 1.35. The van der Waals surface area contributed by atoms with Gasteiger partial charge in [0.05, 0.1) is 16.7 Å². The normalized spacial score (nSPS) is 17.6. The van der Waals surface area contributed by atoms with E-state index in [0.717, 1.165) is 0 Å². The first-order valence-corrected chi connectivity index (χ1v) is 25.2. The molecular weight excluding hydrogens is 804 g/mol. The minimum atomic E-state index is -0.224. The topological polar surface area (TPSA) is 8.17 Å². The third-order valence-electron chi connectivity index (χ3n) is 16.7. The fraction of sp³-hybridized carbons (Fsp3) is 0.377. The Kier molecular flexibility index (Phi) is 8.07. The average molecular weight is 869 g/mol. The van der Waals surface area contributed by atoms with Crippen LogP contribution in [-0.2, 0) is 32.5 Å². The van der Waals surface area contributed by atoms with Gasteiger partial charge in [-0.2, -0.15) is 0 Å². The lowest BCUT2D eigenvalue weighted by Gasteiger charge is -2.43. The van der Waals surface area contributed by atoms with Gasteiger partial charge in [0, 0.05) is 48.0 Å². The van der Waals surface area contributed by atoms with Gasteiger partial charge in [0.2, 0.25) is 0 Å². The molecule has 8 aromatic rings. The van der Waals surface area contributed by atoms with Crippen molar-refractivity contribution in [2.75, 3.05) is 4.81 Å². The molecule has 0 saturated carbocycles. The number of thiophene rings is 1. The van der Waals surface area contributed by atoms with E-state index in [2.05, 4.69) is 210 Å². The molecule has 0 bridgehead atoms. The van der Waals surface area contributed by atoms with E-state index in [0.29, 0.717) is 0 Å². The van der Waals surface area contributed by atoms with Gasteiger partial charge in [0.25, 0.3) is 0 Å². The van der Waals surface area contributed by atoms with E-state index >= 15 is 0 Å². The van der Waals surface area contributed by atoms with Crippen LogP contribution in [-0.4, -0.2) is 11.4 Å². The van der Waals surface area contributed by atoms with Gasteiger partial charge in [0.1, 0.15) is 0 Å². The summed E-state index contributed by atoms with van der Waals surface area (Å²) in [6.45, 7) is 36.2. The Labute approximate surface area is 392 Å². The Bertz CT molecular complexity index is 3400. The molecule has 0 amide bonds. The van der Waals surface area contributed by atoms with Crippen molar-refractivity contribution >= 4 is 71.7 Å². The molecule has 2 aromatic heterocycles. The molecule has 2 nitrogen and oxygen atoms in total. The Morgan fingerprint density at radius 2 is 1.17 bits per heavy atom. The molecule has 0 fully saturated rings. The summed E-state index contributed by atoms with van der Waals surface area (Å²) in [5.41, 5.74) is 23.9. The fourth-order valence-corrected chi connectivity index (χ4v) is 14.0. The highest BCUT2D eigenvalue weighted by molar-refractivity contribution is 7.32. The van der Waals surface area contributed by atoms with Crippen LogP contribution in [0.15, 0.2) is 97.1 Å². The second-order valence-electron chi connectivity index (χ2n) is 25.3. The van der Waals surface area contributed by atoms with Crippen molar-refractivity contribution in [3.63, 3.8) is 0 Å². The zero-order valence-electron chi connectivity index (χ0n) is 41.5. The molecule has 2 aliphatic carbocycles. The number of aromatic nitrogens is 1. The van der Waals surface area contributed by atoms with Gasteiger partial charge in [-0.15, -0.1) is 11.3 Å². The van der Waals surface area contributed by atoms with Crippen LogP contribution in [0.3, 0.4) is 0 Å². The molecule has 0 atom stereocenters. The maximum Gasteiger partial charge on any atom is 0.343 e. The monoisotopic (exact) mass is 868 g/mol. The van der Waals surface area contributed by atoms with Gasteiger partial charge >= 0.3 is 6.85 Å². The van der Waals surface area contributed by atoms with Gasteiger partial charge in [-0.3, -0.25) is 0 Å². The molecule has 0 spiro atoms. The highest BCUT2D eigenvalue weighted by Crippen LogP contribution is 2.60. The lowest BCUT2D eigenvalue weighted by molar-refractivity contribution is 0.332. The van der Waals surface area contributed by atoms with Gasteiger partial charge in [-0.05, 0) is 150 Å². The van der Waals surface area contributed by atoms with Crippen molar-refractivity contribution in [2.24, 2.45) is 0 Å². The van der Waals surface area contributed by atoms with E-state index in [1.54, 1.807) is 0 Å². The van der Waals surface area contributed by atoms with Crippen LogP contribution in [0.5, 0.6) is 0 Å². The van der Waals surface area contributed by atoms with Crippen LogP contribution in [0, 0.1) is 0 Å². The van der Waals surface area contributed by atoms with Crippen LogP contribution < -0.4 is 15.1 Å². The summed E-state index contributed by atoms with van der Waals surface area (Å²) in [5.74, 6) is 0. The first kappa shape index (κ1) is 41.4. The summed E-state index contributed by atoms with van der Waals surface area (Å²) in [4.78, 5) is 2.76. The van der Waals surface area contributed by atoms with Crippen LogP contribution >= 0.6 is 11.3 Å². The lowest BCUT2D eigenvalue weighted by Crippen LogP contribution is -2.59. The summed E-state index contributed by atoms with van der Waals surface area (Å²) in [5, 5.41) is 4.25. The zero-order chi connectivity index (χ0) is 45.9. The van der Waals surface area contributed by atoms with E-state index < -0.39 is 0 Å². The van der Waals surface area contributed by atoms with Crippen LogP contribution in [0.25, 0.3) is 59.8 Å². The van der Waals surface area contributed by atoms with Crippen molar-refractivity contribution in [1.29, 1.82) is 0 Å². The minimum absolute atomic E-state index is 0.0114. The molecule has 4 heterocycles. The number of nitrogens with zero attached hydrogens (tertiary/aromatic N) is 2. The third-order valence-corrected chi connectivity index (χ3v) is 17.9. The maximum absolute atomic E-state index is 2.82. The SMILES string of the molecule is CC(C)(C)c1ccc(N2B3c4sc5ccc(C(C)(C)C)cc5c4-n4c5cc6c(cc5c5c7c(c(c3c54)-c3cc(C(C)(C)C)ccc32)-c2ccccc2C7(C)C)C(C)(C)CCC6(C)C)cc1. The number of hydrogen-bond acceptors (Lipinski definition) is 2. The molecular formula is C61H65BN2S. The van der Waals surface area contributed by atoms with Crippen molar-refractivity contribution in [1.82, 2.24) is 4.57 Å². The van der Waals surface area contributed by atoms with Crippen molar-refractivity contribution in [2.45, 2.75) is 149 Å². The molecule has 2 aliphatic heterocycles.